The maximum Gasteiger partial charge on any atom is 0.0654 e. The van der Waals surface area contributed by atoms with Crippen LogP contribution in [0.3, 0.4) is 0 Å². The Kier molecular flexibility index (Phi) is 3.13. The van der Waals surface area contributed by atoms with Crippen LogP contribution in [-0.4, -0.2) is 25.3 Å². The van der Waals surface area contributed by atoms with Crippen LogP contribution in [0.1, 0.15) is 46.0 Å². The molecule has 1 atom stereocenters. The predicted molar refractivity (Wildman–Crippen MR) is 58.4 cm³/mol. The Hall–Kier alpha value is -0.0800. The first kappa shape index (κ1) is 10.4. The summed E-state index contributed by atoms with van der Waals surface area (Å²) in [6.45, 7) is 6.86. The number of hydrogen-bond donors (Lipinski definition) is 1. The number of rotatable bonds is 2. The van der Waals surface area contributed by atoms with Crippen molar-refractivity contribution in [1.29, 1.82) is 0 Å². The average molecular weight is 197 g/mol. The van der Waals surface area contributed by atoms with Gasteiger partial charge in [0.2, 0.25) is 0 Å². The van der Waals surface area contributed by atoms with Crippen molar-refractivity contribution in [3.8, 4) is 0 Å². The summed E-state index contributed by atoms with van der Waals surface area (Å²) in [5.41, 5.74) is 0.320. The van der Waals surface area contributed by atoms with Crippen molar-refractivity contribution in [2.75, 3.05) is 13.1 Å². The van der Waals surface area contributed by atoms with E-state index in [1.807, 2.05) is 0 Å². The Morgan fingerprint density at radius 1 is 1.14 bits per heavy atom. The molecule has 0 aromatic carbocycles. The molecule has 1 heterocycles. The van der Waals surface area contributed by atoms with Gasteiger partial charge in [-0.2, -0.15) is 0 Å². The molecule has 1 aliphatic heterocycles. The van der Waals surface area contributed by atoms with E-state index < -0.39 is 0 Å². The van der Waals surface area contributed by atoms with Gasteiger partial charge in [-0.25, -0.2) is 0 Å². The van der Waals surface area contributed by atoms with Crippen molar-refractivity contribution in [1.82, 2.24) is 5.32 Å². The quantitative estimate of drug-likeness (QED) is 0.733. The molecule has 2 fully saturated rings. The smallest absolute Gasteiger partial charge is 0.0654 e. The van der Waals surface area contributed by atoms with Crippen LogP contribution in [0, 0.1) is 5.41 Å². The van der Waals surface area contributed by atoms with Crippen LogP contribution in [0.4, 0.5) is 0 Å². The minimum atomic E-state index is 0.320. The van der Waals surface area contributed by atoms with Gasteiger partial charge in [0, 0.05) is 12.0 Å². The predicted octanol–water partition coefficient (Wildman–Crippen LogP) is 2.33. The topological polar surface area (TPSA) is 21.3 Å². The number of piperidine rings is 1. The number of hydrogen-bond acceptors (Lipinski definition) is 2. The maximum atomic E-state index is 6.23. The van der Waals surface area contributed by atoms with Crippen molar-refractivity contribution >= 4 is 0 Å². The Bertz CT molecular complexity index is 185. The first-order chi connectivity index (χ1) is 6.68. The lowest BCUT2D eigenvalue weighted by Crippen LogP contribution is -2.48. The molecular weight excluding hydrogens is 174 g/mol. The molecule has 0 amide bonds. The fourth-order valence-corrected chi connectivity index (χ4v) is 2.66. The molecule has 0 spiro atoms. The van der Waals surface area contributed by atoms with Crippen LogP contribution in [0.5, 0.6) is 0 Å². The highest BCUT2D eigenvalue weighted by atomic mass is 16.5. The van der Waals surface area contributed by atoms with Crippen LogP contribution in [0.15, 0.2) is 0 Å². The molecule has 82 valence electrons. The van der Waals surface area contributed by atoms with Crippen LogP contribution < -0.4 is 5.32 Å². The lowest BCUT2D eigenvalue weighted by Gasteiger charge is -2.40. The summed E-state index contributed by atoms with van der Waals surface area (Å²) < 4.78 is 6.23. The largest absolute Gasteiger partial charge is 0.374 e. The van der Waals surface area contributed by atoms with Gasteiger partial charge in [-0.15, -0.1) is 0 Å². The minimum Gasteiger partial charge on any atom is -0.374 e. The van der Waals surface area contributed by atoms with Crippen LogP contribution in [-0.2, 0) is 4.74 Å². The van der Waals surface area contributed by atoms with Crippen molar-refractivity contribution in [3.63, 3.8) is 0 Å². The molecule has 2 nitrogen and oxygen atoms in total. The Balaban J connectivity index is 1.88. The minimum absolute atomic E-state index is 0.320. The highest BCUT2D eigenvalue weighted by Crippen LogP contribution is 2.32. The van der Waals surface area contributed by atoms with Gasteiger partial charge in [0.1, 0.15) is 0 Å². The monoisotopic (exact) mass is 197 g/mol. The first-order valence-electron chi connectivity index (χ1n) is 6.05. The zero-order chi connectivity index (χ0) is 10.0. The lowest BCUT2D eigenvalue weighted by atomic mass is 9.82. The van der Waals surface area contributed by atoms with Crippen molar-refractivity contribution in [2.45, 2.75) is 58.2 Å². The summed E-state index contributed by atoms with van der Waals surface area (Å²) >= 11 is 0. The van der Waals surface area contributed by atoms with E-state index in [4.69, 9.17) is 4.74 Å². The highest BCUT2D eigenvalue weighted by Gasteiger charge is 2.35. The van der Waals surface area contributed by atoms with Crippen LogP contribution >= 0.6 is 0 Å². The Morgan fingerprint density at radius 2 is 1.86 bits per heavy atom. The molecule has 1 saturated carbocycles. The molecule has 0 aromatic rings. The molecule has 0 bridgehead atoms. The summed E-state index contributed by atoms with van der Waals surface area (Å²) in [6, 6.07) is 0. The molecule has 2 rings (SSSR count). The van der Waals surface area contributed by atoms with E-state index in [2.05, 4.69) is 19.2 Å². The van der Waals surface area contributed by atoms with Gasteiger partial charge in [-0.1, -0.05) is 26.7 Å². The van der Waals surface area contributed by atoms with E-state index in [9.17, 15) is 0 Å². The lowest BCUT2D eigenvalue weighted by molar-refractivity contribution is -0.0822. The zero-order valence-corrected chi connectivity index (χ0v) is 9.51. The molecule has 1 unspecified atom stereocenters. The Labute approximate surface area is 87.4 Å². The molecule has 14 heavy (non-hydrogen) atoms. The van der Waals surface area contributed by atoms with E-state index in [1.54, 1.807) is 0 Å². The third-order valence-corrected chi connectivity index (χ3v) is 3.69. The molecule has 0 radical (unpaired) electrons. The summed E-state index contributed by atoms with van der Waals surface area (Å²) in [4.78, 5) is 0. The zero-order valence-electron chi connectivity index (χ0n) is 9.51. The average Bonchev–Trinajstić information content (AvgIpc) is 2.61. The van der Waals surface area contributed by atoms with Gasteiger partial charge < -0.3 is 10.1 Å². The third-order valence-electron chi connectivity index (χ3n) is 3.69. The molecular formula is C12H23NO. The van der Waals surface area contributed by atoms with E-state index in [-0.39, 0.29) is 0 Å². The normalized spacial score (nSPS) is 33.4. The second-order valence-electron chi connectivity index (χ2n) is 5.49. The SMILES string of the molecule is CC1(C)CNCCC1OC1CCCC1. The number of ether oxygens (including phenoxy) is 1. The Morgan fingerprint density at radius 3 is 2.50 bits per heavy atom. The summed E-state index contributed by atoms with van der Waals surface area (Å²) in [6.07, 6.45) is 7.56. The molecule has 1 saturated heterocycles. The van der Waals surface area contributed by atoms with Gasteiger partial charge in [-0.3, -0.25) is 0 Å². The van der Waals surface area contributed by atoms with Gasteiger partial charge in [-0.05, 0) is 25.8 Å². The second-order valence-corrected chi connectivity index (χ2v) is 5.49. The summed E-state index contributed by atoms with van der Waals surface area (Å²) in [5, 5.41) is 3.45. The second kappa shape index (κ2) is 4.19. The fourth-order valence-electron chi connectivity index (χ4n) is 2.66. The van der Waals surface area contributed by atoms with Crippen LogP contribution in [0.2, 0.25) is 0 Å². The third kappa shape index (κ3) is 2.29. The molecule has 2 aliphatic rings. The van der Waals surface area contributed by atoms with Gasteiger partial charge in [0.15, 0.2) is 0 Å². The van der Waals surface area contributed by atoms with Gasteiger partial charge in [0.05, 0.1) is 12.2 Å². The standard InChI is InChI=1S/C12H23NO/c1-12(2)9-13-8-7-11(12)14-10-5-3-4-6-10/h10-11,13H,3-9H2,1-2H3. The van der Waals surface area contributed by atoms with Crippen LogP contribution in [0.25, 0.3) is 0 Å². The van der Waals surface area contributed by atoms with E-state index >= 15 is 0 Å². The molecule has 2 heteroatoms. The van der Waals surface area contributed by atoms with Crippen molar-refractivity contribution in [2.24, 2.45) is 5.41 Å². The summed E-state index contributed by atoms with van der Waals surface area (Å²) in [5.74, 6) is 0. The van der Waals surface area contributed by atoms with E-state index in [0.717, 1.165) is 13.1 Å². The van der Waals surface area contributed by atoms with Crippen molar-refractivity contribution in [3.05, 3.63) is 0 Å². The van der Waals surface area contributed by atoms with Gasteiger partial charge >= 0.3 is 0 Å². The van der Waals surface area contributed by atoms with E-state index in [0.29, 0.717) is 17.6 Å². The molecule has 1 N–H and O–H groups in total. The van der Waals surface area contributed by atoms with Crippen molar-refractivity contribution < 1.29 is 4.74 Å². The molecule has 1 aliphatic carbocycles. The molecule has 0 aromatic heterocycles. The fraction of sp³-hybridized carbons (Fsp3) is 1.00. The number of nitrogens with one attached hydrogen (secondary N) is 1. The maximum absolute atomic E-state index is 6.23. The summed E-state index contributed by atoms with van der Waals surface area (Å²) in [7, 11) is 0. The first-order valence-corrected chi connectivity index (χ1v) is 6.05. The van der Waals surface area contributed by atoms with Gasteiger partial charge in [0.25, 0.3) is 0 Å². The van der Waals surface area contributed by atoms with E-state index in [1.165, 1.54) is 32.1 Å². The highest BCUT2D eigenvalue weighted by molar-refractivity contribution is 4.87.